The molecule has 0 aliphatic carbocycles. The summed E-state index contributed by atoms with van der Waals surface area (Å²) in [6, 6.07) is 7.52. The lowest BCUT2D eigenvalue weighted by Gasteiger charge is -2.09. The van der Waals surface area contributed by atoms with Crippen LogP contribution in [0.4, 0.5) is 5.69 Å². The van der Waals surface area contributed by atoms with Crippen LogP contribution in [-0.2, 0) is 16.6 Å². The molecule has 0 spiro atoms. The number of nitrogens with two attached hydrogens (primary N) is 1. The predicted molar refractivity (Wildman–Crippen MR) is 80.9 cm³/mol. The van der Waals surface area contributed by atoms with Crippen LogP contribution in [0, 0.1) is 0 Å². The summed E-state index contributed by atoms with van der Waals surface area (Å²) in [6.07, 6.45) is 1.37. The molecule has 0 fully saturated rings. The number of aromatic nitrogens is 1. The molecular formula is C13H14ClN3O3S. The van der Waals surface area contributed by atoms with E-state index in [2.05, 4.69) is 9.71 Å². The van der Waals surface area contributed by atoms with Gasteiger partial charge in [0.05, 0.1) is 23.9 Å². The molecule has 112 valence electrons. The first kappa shape index (κ1) is 15.6. The SMILES string of the molecule is COc1ccc(NS(=O)(=O)c2ccc(CN)c(Cl)c2)cn1. The minimum absolute atomic E-state index is 0.0560. The van der Waals surface area contributed by atoms with Crippen LogP contribution in [0.1, 0.15) is 5.56 Å². The van der Waals surface area contributed by atoms with Crippen LogP contribution in [0.25, 0.3) is 0 Å². The van der Waals surface area contributed by atoms with E-state index in [1.54, 1.807) is 18.2 Å². The number of ether oxygens (including phenoxy) is 1. The number of halogens is 1. The van der Waals surface area contributed by atoms with E-state index in [1.807, 2.05) is 0 Å². The number of benzene rings is 1. The molecular weight excluding hydrogens is 314 g/mol. The van der Waals surface area contributed by atoms with Gasteiger partial charge in [0, 0.05) is 17.6 Å². The Labute approximate surface area is 128 Å². The van der Waals surface area contributed by atoms with Crippen molar-refractivity contribution in [1.29, 1.82) is 0 Å². The average molecular weight is 328 g/mol. The number of nitrogens with zero attached hydrogens (tertiary/aromatic N) is 1. The van der Waals surface area contributed by atoms with E-state index < -0.39 is 10.0 Å². The summed E-state index contributed by atoms with van der Waals surface area (Å²) in [5.74, 6) is 0.397. The van der Waals surface area contributed by atoms with Crippen LogP contribution in [-0.4, -0.2) is 20.5 Å². The molecule has 8 heteroatoms. The average Bonchev–Trinajstić information content (AvgIpc) is 2.47. The Morgan fingerprint density at radius 1 is 1.33 bits per heavy atom. The standard InChI is InChI=1S/C13H14ClN3O3S/c1-20-13-5-3-10(8-16-13)17-21(18,19)11-4-2-9(7-15)12(14)6-11/h2-6,8,17H,7,15H2,1H3. The number of nitrogens with one attached hydrogen (secondary N) is 1. The molecule has 1 aromatic carbocycles. The molecule has 0 saturated carbocycles. The molecule has 0 saturated heterocycles. The molecule has 3 N–H and O–H groups in total. The fourth-order valence-electron chi connectivity index (χ4n) is 1.64. The highest BCUT2D eigenvalue weighted by Gasteiger charge is 2.16. The van der Waals surface area contributed by atoms with Crippen molar-refractivity contribution in [2.75, 3.05) is 11.8 Å². The molecule has 0 amide bonds. The van der Waals surface area contributed by atoms with Crippen LogP contribution < -0.4 is 15.2 Å². The quantitative estimate of drug-likeness (QED) is 0.876. The van der Waals surface area contributed by atoms with Gasteiger partial charge in [-0.05, 0) is 23.8 Å². The van der Waals surface area contributed by atoms with Gasteiger partial charge in [-0.1, -0.05) is 17.7 Å². The van der Waals surface area contributed by atoms with Crippen molar-refractivity contribution in [2.45, 2.75) is 11.4 Å². The molecule has 21 heavy (non-hydrogen) atoms. The van der Waals surface area contributed by atoms with E-state index in [4.69, 9.17) is 22.1 Å². The lowest BCUT2D eigenvalue weighted by atomic mass is 10.2. The Hall–Kier alpha value is -1.83. The highest BCUT2D eigenvalue weighted by Crippen LogP contribution is 2.22. The van der Waals surface area contributed by atoms with Crippen LogP contribution in [0.3, 0.4) is 0 Å². The predicted octanol–water partition coefficient (Wildman–Crippen LogP) is 2.00. The number of pyridine rings is 1. The van der Waals surface area contributed by atoms with Crippen LogP contribution >= 0.6 is 11.6 Å². The highest BCUT2D eigenvalue weighted by atomic mass is 35.5. The van der Waals surface area contributed by atoms with E-state index in [-0.39, 0.29) is 11.4 Å². The van der Waals surface area contributed by atoms with Crippen LogP contribution in [0.2, 0.25) is 5.02 Å². The van der Waals surface area contributed by atoms with Crippen molar-refractivity contribution in [3.8, 4) is 5.88 Å². The molecule has 0 aliphatic rings. The Balaban J connectivity index is 2.26. The third-order valence-corrected chi connectivity index (χ3v) is 4.48. The van der Waals surface area contributed by atoms with Gasteiger partial charge in [0.1, 0.15) is 0 Å². The highest BCUT2D eigenvalue weighted by molar-refractivity contribution is 7.92. The van der Waals surface area contributed by atoms with E-state index in [9.17, 15) is 8.42 Å². The summed E-state index contributed by atoms with van der Waals surface area (Å²) in [7, 11) is -2.26. The number of hydrogen-bond donors (Lipinski definition) is 2. The topological polar surface area (TPSA) is 94.3 Å². The maximum Gasteiger partial charge on any atom is 0.261 e. The van der Waals surface area contributed by atoms with Crippen molar-refractivity contribution >= 4 is 27.3 Å². The van der Waals surface area contributed by atoms with Gasteiger partial charge in [0.25, 0.3) is 10.0 Å². The smallest absolute Gasteiger partial charge is 0.261 e. The third kappa shape index (κ3) is 3.63. The summed E-state index contributed by atoms with van der Waals surface area (Å²) in [5, 5.41) is 0.313. The number of methoxy groups -OCH3 is 1. The summed E-state index contributed by atoms with van der Waals surface area (Å²) in [6.45, 7) is 0.245. The first-order chi connectivity index (χ1) is 9.96. The van der Waals surface area contributed by atoms with E-state index in [1.165, 1.54) is 25.4 Å². The Kier molecular flexibility index (Phi) is 4.66. The second-order valence-corrected chi connectivity index (χ2v) is 6.24. The zero-order chi connectivity index (χ0) is 15.5. The summed E-state index contributed by atoms with van der Waals surface area (Å²) >= 11 is 5.98. The molecule has 0 radical (unpaired) electrons. The largest absolute Gasteiger partial charge is 0.481 e. The molecule has 1 heterocycles. The normalized spacial score (nSPS) is 11.2. The third-order valence-electron chi connectivity index (χ3n) is 2.75. The zero-order valence-corrected chi connectivity index (χ0v) is 12.8. The summed E-state index contributed by atoms with van der Waals surface area (Å²) in [4.78, 5) is 3.98. The maximum absolute atomic E-state index is 12.2. The van der Waals surface area contributed by atoms with Gasteiger partial charge in [-0.2, -0.15) is 0 Å². The first-order valence-corrected chi connectivity index (χ1v) is 7.84. The monoisotopic (exact) mass is 327 g/mol. The van der Waals surface area contributed by atoms with E-state index >= 15 is 0 Å². The Morgan fingerprint density at radius 3 is 2.62 bits per heavy atom. The number of rotatable bonds is 5. The Morgan fingerprint density at radius 2 is 2.10 bits per heavy atom. The van der Waals surface area contributed by atoms with Gasteiger partial charge in [0.15, 0.2) is 0 Å². The first-order valence-electron chi connectivity index (χ1n) is 5.97. The molecule has 0 bridgehead atoms. The number of anilines is 1. The molecule has 0 unspecified atom stereocenters. The second kappa shape index (κ2) is 6.30. The fraction of sp³-hybridized carbons (Fsp3) is 0.154. The van der Waals surface area contributed by atoms with E-state index in [0.29, 0.717) is 22.2 Å². The number of sulfonamides is 1. The molecule has 0 aliphatic heterocycles. The van der Waals surface area contributed by atoms with Gasteiger partial charge >= 0.3 is 0 Å². The minimum atomic E-state index is -3.74. The van der Waals surface area contributed by atoms with Gasteiger partial charge in [0.2, 0.25) is 5.88 Å². The van der Waals surface area contributed by atoms with Gasteiger partial charge < -0.3 is 10.5 Å². The summed E-state index contributed by atoms with van der Waals surface area (Å²) < 4.78 is 31.8. The second-order valence-electron chi connectivity index (χ2n) is 4.15. The molecule has 1 aromatic heterocycles. The molecule has 6 nitrogen and oxygen atoms in total. The van der Waals surface area contributed by atoms with Crippen molar-refractivity contribution in [3.05, 3.63) is 47.1 Å². The van der Waals surface area contributed by atoms with Gasteiger partial charge in [-0.15, -0.1) is 0 Å². The van der Waals surface area contributed by atoms with Crippen molar-refractivity contribution < 1.29 is 13.2 Å². The van der Waals surface area contributed by atoms with Crippen molar-refractivity contribution in [3.63, 3.8) is 0 Å². The Bertz CT molecular complexity index is 733. The van der Waals surface area contributed by atoms with Crippen LogP contribution in [0.5, 0.6) is 5.88 Å². The number of hydrogen-bond acceptors (Lipinski definition) is 5. The van der Waals surface area contributed by atoms with Gasteiger partial charge in [-0.3, -0.25) is 4.72 Å². The van der Waals surface area contributed by atoms with Crippen molar-refractivity contribution in [2.24, 2.45) is 5.73 Å². The minimum Gasteiger partial charge on any atom is -0.481 e. The molecule has 0 atom stereocenters. The molecule has 2 aromatic rings. The maximum atomic E-state index is 12.2. The van der Waals surface area contributed by atoms with Crippen LogP contribution in [0.15, 0.2) is 41.4 Å². The van der Waals surface area contributed by atoms with Gasteiger partial charge in [-0.25, -0.2) is 13.4 Å². The lowest BCUT2D eigenvalue weighted by Crippen LogP contribution is -2.13. The zero-order valence-electron chi connectivity index (χ0n) is 11.2. The summed E-state index contributed by atoms with van der Waals surface area (Å²) in [5.41, 5.74) is 6.50. The van der Waals surface area contributed by atoms with E-state index in [0.717, 1.165) is 0 Å². The molecule has 2 rings (SSSR count). The van der Waals surface area contributed by atoms with Crippen molar-refractivity contribution in [1.82, 2.24) is 4.98 Å². The lowest BCUT2D eigenvalue weighted by molar-refractivity contribution is 0.398. The fourth-order valence-corrected chi connectivity index (χ4v) is 3.03.